The van der Waals surface area contributed by atoms with Crippen molar-refractivity contribution in [2.75, 3.05) is 0 Å². The summed E-state index contributed by atoms with van der Waals surface area (Å²) in [6.45, 7) is 13.5. The molecule has 0 bridgehead atoms. The van der Waals surface area contributed by atoms with Crippen molar-refractivity contribution in [3.63, 3.8) is 0 Å². The van der Waals surface area contributed by atoms with E-state index in [1.165, 1.54) is 25.5 Å². The van der Waals surface area contributed by atoms with Crippen LogP contribution in [0.4, 0.5) is 0 Å². The Kier molecular flexibility index (Phi) is 12.8. The van der Waals surface area contributed by atoms with E-state index in [0.29, 0.717) is 5.92 Å². The molecular formula is C25H30Cl2SiZr-2. The van der Waals surface area contributed by atoms with E-state index < -0.39 is 8.07 Å². The van der Waals surface area contributed by atoms with E-state index in [4.69, 9.17) is 0 Å². The van der Waals surface area contributed by atoms with Gasteiger partial charge in [0.05, 0.1) is 0 Å². The zero-order chi connectivity index (χ0) is 20.0. The average Bonchev–Trinajstić information content (AvgIpc) is 3.18. The second-order valence-corrected chi connectivity index (χ2v) is 15.9. The van der Waals surface area contributed by atoms with Gasteiger partial charge in [-0.25, -0.2) is 11.3 Å². The minimum absolute atomic E-state index is 0. The Hall–Kier alpha value is -0.530. The molecule has 4 rings (SSSR count). The summed E-state index contributed by atoms with van der Waals surface area (Å²) in [5.74, 6) is 0.557. The number of rotatable bonds is 1. The molecule has 1 atom stereocenters. The maximum Gasteiger partial charge on any atom is -0.0253 e. The normalized spacial score (nSPS) is 15.2. The van der Waals surface area contributed by atoms with Gasteiger partial charge >= 0.3 is 41.3 Å². The summed E-state index contributed by atoms with van der Waals surface area (Å²) in [5, 5.41) is 1.56. The molecule has 0 fully saturated rings. The second-order valence-electron chi connectivity index (χ2n) is 8.37. The van der Waals surface area contributed by atoms with E-state index in [1.54, 1.807) is 29.4 Å². The van der Waals surface area contributed by atoms with Crippen LogP contribution in [-0.4, -0.2) is 11.3 Å². The van der Waals surface area contributed by atoms with Gasteiger partial charge in [0.15, 0.2) is 0 Å². The van der Waals surface area contributed by atoms with Crippen molar-refractivity contribution in [3.8, 4) is 11.1 Å². The van der Waals surface area contributed by atoms with E-state index in [-0.39, 0.29) is 24.8 Å². The van der Waals surface area contributed by atoms with Crippen LogP contribution >= 0.6 is 0 Å². The summed E-state index contributed by atoms with van der Waals surface area (Å²) in [7, 11) is -1.02. The Morgan fingerprint density at radius 3 is 2.10 bits per heavy atom. The smallest absolute Gasteiger partial charge is 0.0253 e. The quantitative estimate of drug-likeness (QED) is 0.326. The average molecular weight is 521 g/mol. The molecule has 0 heterocycles. The third-order valence-corrected chi connectivity index (χ3v) is 6.46. The number of fused-ring (bicyclic) bond motifs is 3. The molecular weight excluding hydrogens is 490 g/mol. The first-order valence-corrected chi connectivity index (χ1v) is 14.3. The first-order valence-electron chi connectivity index (χ1n) is 9.59. The van der Waals surface area contributed by atoms with Gasteiger partial charge in [0, 0.05) is 0 Å². The number of allylic oxidation sites excluding steroid dienone is 4. The van der Waals surface area contributed by atoms with Crippen LogP contribution in [0, 0.1) is 18.1 Å². The molecule has 0 saturated heterocycles. The van der Waals surface area contributed by atoms with Crippen molar-refractivity contribution in [1.29, 1.82) is 0 Å². The molecule has 0 amide bonds. The predicted octanol–water partition coefficient (Wildman–Crippen LogP) is 0.611. The molecule has 29 heavy (non-hydrogen) atoms. The molecule has 1 unspecified atom stereocenters. The van der Waals surface area contributed by atoms with E-state index >= 15 is 0 Å². The Bertz CT molecular complexity index is 816. The summed E-state index contributed by atoms with van der Waals surface area (Å²) < 4.78 is 1.51. The first-order chi connectivity index (χ1) is 12.7. The Labute approximate surface area is 206 Å². The zero-order valence-corrected chi connectivity index (χ0v) is 23.2. The molecule has 0 N–H and O–H groups in total. The minimum atomic E-state index is -1.02. The van der Waals surface area contributed by atoms with Crippen LogP contribution in [0.25, 0.3) is 11.1 Å². The molecule has 154 valence electrons. The third-order valence-electron chi connectivity index (χ3n) is 4.41. The summed E-state index contributed by atoms with van der Waals surface area (Å²) >= 11 is 1.55. The summed E-state index contributed by atoms with van der Waals surface area (Å²) in [6.07, 6.45) is 8.86. The van der Waals surface area contributed by atoms with Gasteiger partial charge in [-0.1, -0.05) is 67.9 Å². The van der Waals surface area contributed by atoms with Gasteiger partial charge in [-0.05, 0) is 14.5 Å². The van der Waals surface area contributed by atoms with Crippen molar-refractivity contribution in [2.45, 2.75) is 46.8 Å². The fraction of sp³-hybridized carbons (Fsp3) is 0.320. The molecule has 2 aliphatic carbocycles. The Balaban J connectivity index is 0.000000443. The molecule has 0 nitrogen and oxygen atoms in total. The fourth-order valence-corrected chi connectivity index (χ4v) is 4.32. The molecule has 2 aliphatic rings. The maximum atomic E-state index is 3.30. The minimum Gasteiger partial charge on any atom is -1.00 e. The monoisotopic (exact) mass is 518 g/mol. The van der Waals surface area contributed by atoms with E-state index in [0.717, 1.165) is 6.42 Å². The van der Waals surface area contributed by atoms with Gasteiger partial charge in [0.25, 0.3) is 0 Å². The first kappa shape index (κ1) is 28.5. The molecule has 0 aromatic heterocycles. The van der Waals surface area contributed by atoms with Gasteiger partial charge in [-0.15, -0.1) is 5.56 Å². The molecule has 4 heteroatoms. The van der Waals surface area contributed by atoms with Crippen LogP contribution in [0.3, 0.4) is 0 Å². The van der Waals surface area contributed by atoms with Gasteiger partial charge in [0.2, 0.25) is 0 Å². The van der Waals surface area contributed by atoms with Crippen molar-refractivity contribution < 1.29 is 49.0 Å². The molecule has 2 aromatic carbocycles. The van der Waals surface area contributed by atoms with Crippen LogP contribution in [0.5, 0.6) is 0 Å². The van der Waals surface area contributed by atoms with Crippen LogP contribution in [0.2, 0.25) is 19.6 Å². The van der Waals surface area contributed by atoms with Crippen molar-refractivity contribution >= 4 is 11.3 Å². The Morgan fingerprint density at radius 2 is 1.59 bits per heavy atom. The second kappa shape index (κ2) is 13.0. The Morgan fingerprint density at radius 1 is 1.00 bits per heavy atom. The summed E-state index contributed by atoms with van der Waals surface area (Å²) in [4.78, 5) is 0. The van der Waals surface area contributed by atoms with Gasteiger partial charge in [-0.2, -0.15) is 35.9 Å². The van der Waals surface area contributed by atoms with Crippen molar-refractivity contribution in [2.24, 2.45) is 5.92 Å². The molecule has 0 spiro atoms. The number of hydrogen-bond acceptors (Lipinski definition) is 0. The predicted molar refractivity (Wildman–Crippen MR) is 118 cm³/mol. The molecule has 0 aliphatic heterocycles. The zero-order valence-electron chi connectivity index (χ0n) is 18.2. The van der Waals surface area contributed by atoms with E-state index in [2.05, 4.69) is 101 Å². The van der Waals surface area contributed by atoms with Crippen molar-refractivity contribution in [3.05, 3.63) is 83.1 Å². The molecule has 0 radical (unpaired) electrons. The van der Waals surface area contributed by atoms with Crippen LogP contribution < -0.4 is 24.8 Å². The SMILES string of the molecule is CC1[C-]=CC([Si](C)(C)C)=C1.C[C](C)=[Zr+2].[Cl-].[Cl-].[c-]1cccc2c1Cc1ccccc1-2. The van der Waals surface area contributed by atoms with Crippen LogP contribution in [0.15, 0.2) is 59.8 Å². The summed E-state index contributed by atoms with van der Waals surface area (Å²) in [6, 6.07) is 18.1. The largest absolute Gasteiger partial charge is 1.00 e. The third kappa shape index (κ3) is 9.01. The van der Waals surface area contributed by atoms with Gasteiger partial charge in [-0.3, -0.25) is 6.08 Å². The van der Waals surface area contributed by atoms with Crippen LogP contribution in [0.1, 0.15) is 31.9 Å². The molecule has 2 aromatic rings. The van der Waals surface area contributed by atoms with E-state index in [1.807, 2.05) is 6.07 Å². The van der Waals surface area contributed by atoms with Crippen LogP contribution in [-0.2, 0) is 30.7 Å². The molecule has 0 saturated carbocycles. The number of halogens is 2. The van der Waals surface area contributed by atoms with Gasteiger partial charge < -0.3 is 24.8 Å². The maximum absolute atomic E-state index is 3.30. The number of hydrogen-bond donors (Lipinski definition) is 0. The topological polar surface area (TPSA) is 0 Å². The standard InChI is InChI=1S/C13H9.C9H15Si.C3H6.2ClH.Zr/c1-3-7-12-10(5-1)9-11-6-2-4-8-13(11)12;1-8-5-6-9(7-8)10(2,3)4;1-3-2;;;/h1-5,7-8H,9H2;6-8H,1-4H3;1-2H3;2*1H;/q2*-1;;;;+2/p-2. The van der Waals surface area contributed by atoms with Gasteiger partial charge in [0.1, 0.15) is 0 Å². The van der Waals surface area contributed by atoms with Crippen molar-refractivity contribution in [1.82, 2.24) is 0 Å². The number of benzene rings is 2. The fourth-order valence-electron chi connectivity index (χ4n) is 3.05. The van der Waals surface area contributed by atoms with E-state index in [9.17, 15) is 0 Å². The summed E-state index contributed by atoms with van der Waals surface area (Å²) in [5.41, 5.74) is 5.51.